The molecule has 1 unspecified atom stereocenters. The third kappa shape index (κ3) is 4.87. The summed E-state index contributed by atoms with van der Waals surface area (Å²) in [5, 5.41) is 5.97. The molecule has 2 aliphatic heterocycles. The molecule has 2 aromatic rings. The number of hydrazone groups is 1. The Morgan fingerprint density at radius 2 is 1.68 bits per heavy atom. The van der Waals surface area contributed by atoms with Crippen LogP contribution in [-0.4, -0.2) is 65.1 Å². The lowest BCUT2D eigenvalue weighted by Crippen LogP contribution is -2.48. The summed E-state index contributed by atoms with van der Waals surface area (Å²) in [6, 6.07) is 13.0. The van der Waals surface area contributed by atoms with Crippen molar-refractivity contribution in [3.8, 4) is 0 Å². The lowest BCUT2D eigenvalue weighted by atomic mass is 9.80. The monoisotopic (exact) mass is 468 g/mol. The third-order valence-corrected chi connectivity index (χ3v) is 6.82. The first-order valence-corrected chi connectivity index (χ1v) is 11.7. The van der Waals surface area contributed by atoms with Crippen LogP contribution in [0, 0.1) is 11.6 Å². The molecule has 2 aromatic carbocycles. The minimum Gasteiger partial charge on any atom is -0.340 e. The molecule has 34 heavy (non-hydrogen) atoms. The van der Waals surface area contributed by atoms with Crippen LogP contribution in [0.5, 0.6) is 0 Å². The number of carbonyl (C=O) groups is 2. The van der Waals surface area contributed by atoms with Crippen LogP contribution >= 0.6 is 0 Å². The van der Waals surface area contributed by atoms with E-state index in [1.165, 1.54) is 11.9 Å². The molecule has 0 N–H and O–H groups in total. The average molecular weight is 469 g/mol. The van der Waals surface area contributed by atoms with E-state index >= 15 is 0 Å². The van der Waals surface area contributed by atoms with E-state index in [9.17, 15) is 18.4 Å². The van der Waals surface area contributed by atoms with Gasteiger partial charge in [0.2, 0.25) is 11.8 Å². The van der Waals surface area contributed by atoms with Crippen molar-refractivity contribution in [3.05, 3.63) is 71.3 Å². The fourth-order valence-electron chi connectivity index (χ4n) is 5.04. The highest BCUT2D eigenvalue weighted by Crippen LogP contribution is 2.43. The van der Waals surface area contributed by atoms with Crippen LogP contribution in [0.4, 0.5) is 8.78 Å². The summed E-state index contributed by atoms with van der Waals surface area (Å²) in [6.07, 6.45) is 1.70. The van der Waals surface area contributed by atoms with Crippen LogP contribution in [0.1, 0.15) is 44.2 Å². The van der Waals surface area contributed by atoms with Crippen molar-refractivity contribution in [1.82, 2.24) is 14.8 Å². The molecular weight excluding hydrogens is 438 g/mol. The second-order valence-corrected chi connectivity index (χ2v) is 9.03. The van der Waals surface area contributed by atoms with Crippen LogP contribution in [0.3, 0.4) is 0 Å². The van der Waals surface area contributed by atoms with E-state index in [1.807, 2.05) is 35.2 Å². The van der Waals surface area contributed by atoms with Gasteiger partial charge in [0.25, 0.3) is 0 Å². The highest BCUT2D eigenvalue weighted by atomic mass is 19.1. The fourth-order valence-corrected chi connectivity index (χ4v) is 5.04. The van der Waals surface area contributed by atoms with E-state index in [0.29, 0.717) is 31.6 Å². The van der Waals surface area contributed by atoms with Crippen molar-refractivity contribution in [1.29, 1.82) is 0 Å². The third-order valence-electron chi connectivity index (χ3n) is 6.82. The first-order chi connectivity index (χ1) is 16.3. The van der Waals surface area contributed by atoms with Gasteiger partial charge in [-0.05, 0) is 43.1 Å². The van der Waals surface area contributed by atoms with E-state index in [4.69, 9.17) is 0 Å². The van der Waals surface area contributed by atoms with Gasteiger partial charge in [0, 0.05) is 52.0 Å². The van der Waals surface area contributed by atoms with Crippen molar-refractivity contribution in [2.24, 2.45) is 5.10 Å². The summed E-state index contributed by atoms with van der Waals surface area (Å²) < 4.78 is 28.5. The van der Waals surface area contributed by atoms with Crippen LogP contribution in [-0.2, 0) is 15.1 Å². The molecule has 1 saturated heterocycles. The van der Waals surface area contributed by atoms with E-state index < -0.39 is 17.2 Å². The number of benzene rings is 2. The maximum absolute atomic E-state index is 14.6. The lowest BCUT2D eigenvalue weighted by Gasteiger charge is -2.38. The molecule has 2 heterocycles. The quantitative estimate of drug-likeness (QED) is 0.649. The Morgan fingerprint density at radius 1 is 0.971 bits per heavy atom. The molecular formula is C26H30F2N4O2. The minimum absolute atomic E-state index is 0.0874. The molecule has 4 rings (SSSR count). The van der Waals surface area contributed by atoms with Gasteiger partial charge < -0.3 is 4.90 Å². The number of rotatable bonds is 6. The van der Waals surface area contributed by atoms with Gasteiger partial charge in [-0.2, -0.15) is 5.10 Å². The topological polar surface area (TPSA) is 56.2 Å². The molecule has 0 spiro atoms. The summed E-state index contributed by atoms with van der Waals surface area (Å²) in [5.41, 5.74) is 0.597. The molecule has 180 valence electrons. The van der Waals surface area contributed by atoms with Crippen molar-refractivity contribution >= 4 is 17.5 Å². The summed E-state index contributed by atoms with van der Waals surface area (Å²) in [5.74, 6) is -1.25. The predicted octanol–water partition coefficient (Wildman–Crippen LogP) is 3.76. The van der Waals surface area contributed by atoms with Gasteiger partial charge in [0.05, 0.1) is 11.3 Å². The van der Waals surface area contributed by atoms with Crippen molar-refractivity contribution in [3.63, 3.8) is 0 Å². The summed E-state index contributed by atoms with van der Waals surface area (Å²) in [6.45, 7) is 6.91. The molecule has 0 saturated carbocycles. The molecule has 6 nitrogen and oxygen atoms in total. The van der Waals surface area contributed by atoms with Gasteiger partial charge in [-0.1, -0.05) is 30.3 Å². The second kappa shape index (κ2) is 10.0. The fraction of sp³-hybridized carbons (Fsp3) is 0.423. The first kappa shape index (κ1) is 24.0. The minimum atomic E-state index is -0.775. The summed E-state index contributed by atoms with van der Waals surface area (Å²) in [7, 11) is 0. The summed E-state index contributed by atoms with van der Waals surface area (Å²) >= 11 is 0. The Balaban J connectivity index is 1.57. The number of hydrogen-bond donors (Lipinski definition) is 0. The van der Waals surface area contributed by atoms with Gasteiger partial charge in [-0.15, -0.1) is 0 Å². The van der Waals surface area contributed by atoms with Crippen LogP contribution in [0.15, 0.2) is 53.6 Å². The number of halogens is 2. The zero-order valence-corrected chi connectivity index (χ0v) is 19.6. The van der Waals surface area contributed by atoms with Gasteiger partial charge >= 0.3 is 0 Å². The maximum atomic E-state index is 14.6. The molecule has 0 radical (unpaired) electrons. The zero-order chi connectivity index (χ0) is 24.3. The van der Waals surface area contributed by atoms with Crippen molar-refractivity contribution < 1.29 is 18.4 Å². The SMILES string of the molecule is CC(=O)N1CCN(CCCC2(c3ccccc3)CC(c3cc(F)ccc3F)=NN2C(C)=O)CC1. The Kier molecular flexibility index (Phi) is 7.07. The van der Waals surface area contributed by atoms with Crippen LogP contribution in [0.25, 0.3) is 0 Å². The Labute approximate surface area is 198 Å². The molecule has 2 aliphatic rings. The van der Waals surface area contributed by atoms with Gasteiger partial charge in [-0.3, -0.25) is 14.5 Å². The van der Waals surface area contributed by atoms with Crippen LogP contribution in [0.2, 0.25) is 0 Å². The van der Waals surface area contributed by atoms with E-state index in [2.05, 4.69) is 10.0 Å². The van der Waals surface area contributed by atoms with Crippen molar-refractivity contribution in [2.75, 3.05) is 32.7 Å². The van der Waals surface area contributed by atoms with Gasteiger partial charge in [0.1, 0.15) is 11.6 Å². The number of amides is 2. The normalized spacial score (nSPS) is 21.0. The smallest absolute Gasteiger partial charge is 0.240 e. The van der Waals surface area contributed by atoms with Gasteiger partial charge in [-0.25, -0.2) is 13.8 Å². The average Bonchev–Trinajstić information content (AvgIpc) is 3.22. The van der Waals surface area contributed by atoms with Crippen LogP contribution < -0.4 is 0 Å². The molecule has 0 aromatic heterocycles. The number of piperazine rings is 1. The maximum Gasteiger partial charge on any atom is 0.240 e. The first-order valence-electron chi connectivity index (χ1n) is 11.7. The molecule has 2 amide bonds. The Morgan fingerprint density at radius 3 is 2.32 bits per heavy atom. The molecule has 0 aliphatic carbocycles. The number of nitrogens with zero attached hydrogens (tertiary/aromatic N) is 4. The molecule has 0 bridgehead atoms. The predicted molar refractivity (Wildman–Crippen MR) is 126 cm³/mol. The number of carbonyl (C=O) groups excluding carboxylic acids is 2. The molecule has 1 fully saturated rings. The Hall–Kier alpha value is -3.13. The standard InChI is InChI=1S/C26H30F2N4O2/c1-19(33)31-15-13-30(14-16-31)12-6-11-26(21-7-4-3-5-8-21)18-25(29-32(26)20(2)34)23-17-22(27)9-10-24(23)28/h3-5,7-10,17H,6,11-16,18H2,1-2H3. The zero-order valence-electron chi connectivity index (χ0n) is 19.6. The summed E-state index contributed by atoms with van der Waals surface area (Å²) in [4.78, 5) is 28.5. The van der Waals surface area contributed by atoms with E-state index in [0.717, 1.165) is 49.8 Å². The highest BCUT2D eigenvalue weighted by Gasteiger charge is 2.46. The van der Waals surface area contributed by atoms with E-state index in [-0.39, 0.29) is 17.4 Å². The van der Waals surface area contributed by atoms with E-state index in [1.54, 1.807) is 6.92 Å². The molecule has 1 atom stereocenters. The molecule has 8 heteroatoms. The Bertz CT molecular complexity index is 1080. The van der Waals surface area contributed by atoms with Gasteiger partial charge in [0.15, 0.2) is 0 Å². The van der Waals surface area contributed by atoms with Crippen molar-refractivity contribution in [2.45, 2.75) is 38.6 Å². The largest absolute Gasteiger partial charge is 0.340 e. The lowest BCUT2D eigenvalue weighted by molar-refractivity contribution is -0.135. The second-order valence-electron chi connectivity index (χ2n) is 9.03. The highest BCUT2D eigenvalue weighted by molar-refractivity contribution is 6.03. The number of hydrogen-bond acceptors (Lipinski definition) is 4.